The van der Waals surface area contributed by atoms with Crippen molar-refractivity contribution in [2.75, 3.05) is 11.9 Å². The average Bonchev–Trinajstić information content (AvgIpc) is 2.57. The molecule has 4 nitrogen and oxygen atoms in total. The third-order valence-electron chi connectivity index (χ3n) is 4.36. The number of carbonyl (C=O) groups is 2. The Balaban J connectivity index is 1.86. The Kier molecular flexibility index (Phi) is 4.86. The maximum atomic E-state index is 12.8. The minimum absolute atomic E-state index is 0.137. The third kappa shape index (κ3) is 3.44. The lowest BCUT2D eigenvalue weighted by Gasteiger charge is -2.30. The smallest absolute Gasteiger partial charge is 0.237 e. The van der Waals surface area contributed by atoms with Crippen molar-refractivity contribution in [1.29, 1.82) is 0 Å². The van der Waals surface area contributed by atoms with Crippen LogP contribution in [-0.4, -0.2) is 18.4 Å². The predicted molar refractivity (Wildman–Crippen MR) is 95.1 cm³/mol. The van der Waals surface area contributed by atoms with Gasteiger partial charge in [0.15, 0.2) is 0 Å². The summed E-state index contributed by atoms with van der Waals surface area (Å²) in [6.07, 6.45) is 0.732. The van der Waals surface area contributed by atoms with Crippen LogP contribution in [0.5, 0.6) is 0 Å². The second kappa shape index (κ2) is 7.05. The lowest BCUT2D eigenvalue weighted by Crippen LogP contribution is -2.46. The summed E-state index contributed by atoms with van der Waals surface area (Å²) in [5, 5.41) is 6.03. The number of hydrogen-bond acceptors (Lipinski definition) is 2. The number of benzene rings is 2. The van der Waals surface area contributed by atoms with Crippen molar-refractivity contribution in [3.05, 3.63) is 64.7 Å². The first-order valence-electron chi connectivity index (χ1n) is 7.96. The van der Waals surface area contributed by atoms with Gasteiger partial charge in [-0.05, 0) is 31.0 Å². The zero-order valence-electron chi connectivity index (χ0n) is 13.4. The number of halogens is 1. The Labute approximate surface area is 146 Å². The highest BCUT2D eigenvalue weighted by Crippen LogP contribution is 2.32. The zero-order valence-corrected chi connectivity index (χ0v) is 14.1. The number of piperidine rings is 1. The standard InChI is InChI=1S/C19H19ClN2O2/c1-12-6-8-13(9-7-12)14-10-11-21-18(23)17(14)19(24)22-16-5-3-2-4-15(16)20/h2-9,14,17H,10-11H2,1H3,(H,21,23)(H,22,24). The number of para-hydroxylation sites is 1. The molecule has 1 heterocycles. The average molecular weight is 343 g/mol. The molecule has 124 valence electrons. The highest BCUT2D eigenvalue weighted by molar-refractivity contribution is 6.33. The summed E-state index contributed by atoms with van der Waals surface area (Å²) >= 11 is 6.10. The summed E-state index contributed by atoms with van der Waals surface area (Å²) in [6.45, 7) is 2.59. The van der Waals surface area contributed by atoms with E-state index in [-0.39, 0.29) is 17.7 Å². The van der Waals surface area contributed by atoms with Crippen LogP contribution >= 0.6 is 11.6 Å². The van der Waals surface area contributed by atoms with Crippen molar-refractivity contribution < 1.29 is 9.59 Å². The summed E-state index contributed by atoms with van der Waals surface area (Å²) in [7, 11) is 0. The van der Waals surface area contributed by atoms with Crippen molar-refractivity contribution in [3.63, 3.8) is 0 Å². The van der Waals surface area contributed by atoms with E-state index in [1.165, 1.54) is 0 Å². The molecule has 0 aliphatic carbocycles. The highest BCUT2D eigenvalue weighted by atomic mass is 35.5. The Morgan fingerprint density at radius 2 is 1.88 bits per heavy atom. The fourth-order valence-corrected chi connectivity index (χ4v) is 3.24. The molecule has 0 bridgehead atoms. The van der Waals surface area contributed by atoms with Crippen LogP contribution < -0.4 is 10.6 Å². The molecule has 5 heteroatoms. The minimum atomic E-state index is -0.766. The van der Waals surface area contributed by atoms with Gasteiger partial charge < -0.3 is 10.6 Å². The topological polar surface area (TPSA) is 58.2 Å². The first kappa shape index (κ1) is 16.5. The van der Waals surface area contributed by atoms with Gasteiger partial charge in [-0.1, -0.05) is 53.6 Å². The second-order valence-electron chi connectivity index (χ2n) is 6.04. The SMILES string of the molecule is Cc1ccc(C2CCNC(=O)C2C(=O)Nc2ccccc2Cl)cc1. The van der Waals surface area contributed by atoms with E-state index in [1.54, 1.807) is 24.3 Å². The Morgan fingerprint density at radius 3 is 2.58 bits per heavy atom. The summed E-state index contributed by atoms with van der Waals surface area (Å²) in [5.74, 6) is -1.47. The second-order valence-corrected chi connectivity index (χ2v) is 6.45. The van der Waals surface area contributed by atoms with Gasteiger partial charge in [-0.3, -0.25) is 9.59 Å². The molecule has 2 atom stereocenters. The van der Waals surface area contributed by atoms with Gasteiger partial charge in [-0.15, -0.1) is 0 Å². The Hall–Kier alpha value is -2.33. The van der Waals surface area contributed by atoms with Crippen LogP contribution in [0.25, 0.3) is 0 Å². The number of rotatable bonds is 3. The van der Waals surface area contributed by atoms with E-state index in [2.05, 4.69) is 10.6 Å². The number of nitrogens with one attached hydrogen (secondary N) is 2. The number of anilines is 1. The van der Waals surface area contributed by atoms with E-state index in [0.29, 0.717) is 17.3 Å². The molecule has 1 aliphatic rings. The van der Waals surface area contributed by atoms with E-state index in [4.69, 9.17) is 11.6 Å². The van der Waals surface area contributed by atoms with Crippen LogP contribution in [-0.2, 0) is 9.59 Å². The van der Waals surface area contributed by atoms with E-state index in [9.17, 15) is 9.59 Å². The van der Waals surface area contributed by atoms with Gasteiger partial charge in [0.2, 0.25) is 11.8 Å². The molecule has 3 rings (SSSR count). The molecule has 1 aliphatic heterocycles. The van der Waals surface area contributed by atoms with Crippen LogP contribution in [0.3, 0.4) is 0 Å². The number of hydrogen-bond donors (Lipinski definition) is 2. The fourth-order valence-electron chi connectivity index (χ4n) is 3.06. The molecule has 0 radical (unpaired) electrons. The molecular formula is C19H19ClN2O2. The maximum absolute atomic E-state index is 12.8. The molecule has 0 saturated carbocycles. The quantitative estimate of drug-likeness (QED) is 0.839. The van der Waals surface area contributed by atoms with Gasteiger partial charge in [0.1, 0.15) is 5.92 Å². The Morgan fingerprint density at radius 1 is 1.17 bits per heavy atom. The minimum Gasteiger partial charge on any atom is -0.355 e. The summed E-state index contributed by atoms with van der Waals surface area (Å²) < 4.78 is 0. The van der Waals surface area contributed by atoms with Crippen molar-refractivity contribution in [2.24, 2.45) is 5.92 Å². The highest BCUT2D eigenvalue weighted by Gasteiger charge is 2.38. The zero-order chi connectivity index (χ0) is 17.1. The van der Waals surface area contributed by atoms with E-state index in [1.807, 2.05) is 31.2 Å². The first-order chi connectivity index (χ1) is 11.6. The molecular weight excluding hydrogens is 324 g/mol. The van der Waals surface area contributed by atoms with Gasteiger partial charge in [-0.25, -0.2) is 0 Å². The van der Waals surface area contributed by atoms with Crippen LogP contribution in [0, 0.1) is 12.8 Å². The lowest BCUT2D eigenvalue weighted by molar-refractivity contribution is -0.135. The normalized spacial score (nSPS) is 20.3. The lowest BCUT2D eigenvalue weighted by atomic mass is 9.80. The van der Waals surface area contributed by atoms with Crippen molar-refractivity contribution in [1.82, 2.24) is 5.32 Å². The van der Waals surface area contributed by atoms with E-state index >= 15 is 0 Å². The third-order valence-corrected chi connectivity index (χ3v) is 4.69. The molecule has 2 aromatic rings. The molecule has 2 N–H and O–H groups in total. The van der Waals surface area contributed by atoms with Gasteiger partial charge >= 0.3 is 0 Å². The van der Waals surface area contributed by atoms with Crippen LogP contribution in [0.1, 0.15) is 23.5 Å². The van der Waals surface area contributed by atoms with Gasteiger partial charge in [0.25, 0.3) is 0 Å². The predicted octanol–water partition coefficient (Wildman–Crippen LogP) is 3.51. The number of amides is 2. The van der Waals surface area contributed by atoms with Crippen LogP contribution in [0.2, 0.25) is 5.02 Å². The largest absolute Gasteiger partial charge is 0.355 e. The molecule has 24 heavy (non-hydrogen) atoms. The molecule has 1 fully saturated rings. The maximum Gasteiger partial charge on any atom is 0.237 e. The number of carbonyl (C=O) groups excluding carboxylic acids is 2. The first-order valence-corrected chi connectivity index (χ1v) is 8.34. The fraction of sp³-hybridized carbons (Fsp3) is 0.263. The van der Waals surface area contributed by atoms with Gasteiger partial charge in [0, 0.05) is 12.5 Å². The summed E-state index contributed by atoms with van der Waals surface area (Å²) in [4.78, 5) is 25.1. The molecule has 2 amide bonds. The molecule has 2 unspecified atom stereocenters. The molecule has 0 aromatic heterocycles. The van der Waals surface area contributed by atoms with E-state index < -0.39 is 5.92 Å². The van der Waals surface area contributed by atoms with Gasteiger partial charge in [-0.2, -0.15) is 0 Å². The molecule has 1 saturated heterocycles. The van der Waals surface area contributed by atoms with Crippen molar-refractivity contribution >= 4 is 29.1 Å². The van der Waals surface area contributed by atoms with Crippen LogP contribution in [0.4, 0.5) is 5.69 Å². The molecule has 0 spiro atoms. The van der Waals surface area contributed by atoms with E-state index in [0.717, 1.165) is 17.5 Å². The van der Waals surface area contributed by atoms with Gasteiger partial charge in [0.05, 0.1) is 10.7 Å². The Bertz CT molecular complexity index is 758. The van der Waals surface area contributed by atoms with Crippen molar-refractivity contribution in [3.8, 4) is 0 Å². The number of aryl methyl sites for hydroxylation is 1. The molecule has 2 aromatic carbocycles. The van der Waals surface area contributed by atoms with Crippen molar-refractivity contribution in [2.45, 2.75) is 19.3 Å². The van der Waals surface area contributed by atoms with Crippen LogP contribution in [0.15, 0.2) is 48.5 Å². The monoisotopic (exact) mass is 342 g/mol. The summed E-state index contributed by atoms with van der Waals surface area (Å²) in [5.41, 5.74) is 2.68. The summed E-state index contributed by atoms with van der Waals surface area (Å²) in [6, 6.07) is 15.0.